The van der Waals surface area contributed by atoms with Gasteiger partial charge in [-0.15, -0.1) is 0 Å². The van der Waals surface area contributed by atoms with Gasteiger partial charge < -0.3 is 10.2 Å². The summed E-state index contributed by atoms with van der Waals surface area (Å²) in [7, 11) is -1.29. The summed E-state index contributed by atoms with van der Waals surface area (Å²) in [5.74, 6) is 0.293. The Hall–Kier alpha value is -1.44. The van der Waals surface area contributed by atoms with E-state index in [-0.39, 0.29) is 11.6 Å². The predicted molar refractivity (Wildman–Crippen MR) is 90.9 cm³/mol. The van der Waals surface area contributed by atoms with Crippen LogP contribution in [0.4, 0.5) is 5.69 Å². The molecule has 0 aliphatic heterocycles. The lowest BCUT2D eigenvalue weighted by atomic mass is 10.1. The molecule has 0 aromatic heterocycles. The van der Waals surface area contributed by atoms with Crippen LogP contribution in [0, 0.1) is 5.92 Å². The highest BCUT2D eigenvalue weighted by molar-refractivity contribution is 7.52. The van der Waals surface area contributed by atoms with Crippen molar-refractivity contribution in [2.24, 2.45) is 5.92 Å². The van der Waals surface area contributed by atoms with Crippen molar-refractivity contribution in [2.45, 2.75) is 25.9 Å². The van der Waals surface area contributed by atoms with E-state index in [2.05, 4.69) is 19.2 Å². The third kappa shape index (κ3) is 4.03. The molecule has 0 fully saturated rings. The molecule has 0 saturated carbocycles. The minimum Gasteiger partial charge on any atom is -0.373 e. The lowest BCUT2D eigenvalue weighted by molar-refractivity contribution is -0.116. The monoisotopic (exact) mass is 303 g/mol. The maximum absolute atomic E-state index is 12.5. The van der Waals surface area contributed by atoms with E-state index in [1.165, 1.54) is 0 Å². The zero-order valence-corrected chi connectivity index (χ0v) is 13.6. The van der Waals surface area contributed by atoms with Gasteiger partial charge in [-0.25, -0.2) is 0 Å². The summed E-state index contributed by atoms with van der Waals surface area (Å²) in [5.41, 5.74) is 0.489. The summed E-state index contributed by atoms with van der Waals surface area (Å²) in [5, 5.41) is 5.11. The van der Waals surface area contributed by atoms with Crippen LogP contribution in [-0.2, 0) is 4.79 Å². The van der Waals surface area contributed by atoms with Gasteiger partial charge in [0.25, 0.3) is 0 Å². The Morgan fingerprint density at radius 3 is 2.52 bits per heavy atom. The van der Waals surface area contributed by atoms with Crippen LogP contribution in [0.3, 0.4) is 0 Å². The Morgan fingerprint density at radius 1 is 1.19 bits per heavy atom. The van der Waals surface area contributed by atoms with E-state index in [4.69, 9.17) is 0 Å². The molecule has 0 bridgehead atoms. The number of amides is 1. The lowest BCUT2D eigenvalue weighted by Gasteiger charge is -2.21. The maximum Gasteiger partial charge on any atom is 0.234 e. The number of nitrogens with one attached hydrogen (secondary N) is 1. The quantitative estimate of drug-likeness (QED) is 0.813. The summed E-state index contributed by atoms with van der Waals surface area (Å²) in [6.07, 6.45) is 0.704. The van der Waals surface area contributed by atoms with Crippen LogP contribution in [0.1, 0.15) is 20.3 Å². The van der Waals surface area contributed by atoms with Gasteiger partial charge in [0.1, 0.15) is 0 Å². The van der Waals surface area contributed by atoms with Crippen LogP contribution >= 0.6 is 8.15 Å². The first-order valence-electron chi connectivity index (χ1n) is 7.19. The highest BCUT2D eigenvalue weighted by Gasteiger charge is 2.25. The molecule has 2 rings (SSSR count). The number of hydrogen-bond acceptors (Lipinski definition) is 2. The van der Waals surface area contributed by atoms with E-state index in [0.717, 1.165) is 16.5 Å². The number of benzene rings is 2. The zero-order chi connectivity index (χ0) is 15.4. The Kier molecular flexibility index (Phi) is 5.33. The molecule has 4 heteroatoms. The van der Waals surface area contributed by atoms with Crippen LogP contribution in [0.25, 0.3) is 10.8 Å². The first kappa shape index (κ1) is 15.9. The molecular weight excluding hydrogens is 281 g/mol. The molecule has 2 atom stereocenters. The molecule has 3 nitrogen and oxygen atoms in total. The molecule has 2 unspecified atom stereocenters. The van der Waals surface area contributed by atoms with Crippen LogP contribution in [0.5, 0.6) is 0 Å². The fourth-order valence-corrected chi connectivity index (χ4v) is 3.56. The van der Waals surface area contributed by atoms with Gasteiger partial charge in [-0.05, 0) is 30.5 Å². The van der Waals surface area contributed by atoms with Gasteiger partial charge in [0, 0.05) is 19.2 Å². The molecule has 0 heterocycles. The number of hydrogen-bond donors (Lipinski definition) is 2. The van der Waals surface area contributed by atoms with Crippen molar-refractivity contribution in [1.29, 1.82) is 0 Å². The number of carbonyl (C=O) groups is 1. The zero-order valence-electron chi connectivity index (χ0n) is 12.7. The fraction of sp³-hybridized carbons (Fsp3) is 0.353. The van der Waals surface area contributed by atoms with Gasteiger partial charge in [0.15, 0.2) is 0 Å². The van der Waals surface area contributed by atoms with E-state index in [9.17, 15) is 9.69 Å². The van der Waals surface area contributed by atoms with Crippen molar-refractivity contribution in [3.8, 4) is 0 Å². The van der Waals surface area contributed by atoms with Crippen molar-refractivity contribution < 1.29 is 9.69 Å². The molecule has 112 valence electrons. The number of rotatable bonds is 5. The molecule has 2 aromatic carbocycles. The van der Waals surface area contributed by atoms with Crippen LogP contribution in [0.15, 0.2) is 42.5 Å². The number of carbonyl (C=O) groups excluding carboxylic acids is 1. The maximum atomic E-state index is 12.5. The van der Waals surface area contributed by atoms with Gasteiger partial charge in [0.2, 0.25) is 5.91 Å². The molecule has 0 saturated heterocycles. The smallest absolute Gasteiger partial charge is 0.234 e. The molecule has 0 radical (unpaired) electrons. The Bertz CT molecular complexity index is 620. The molecule has 0 aliphatic rings. The molecule has 1 amide bonds. The summed E-state index contributed by atoms with van der Waals surface area (Å²) >= 11 is 0. The molecule has 2 N–H and O–H groups in total. The second kappa shape index (κ2) is 7.02. The average molecular weight is 303 g/mol. The van der Waals surface area contributed by atoms with Crippen molar-refractivity contribution in [3.63, 3.8) is 0 Å². The van der Waals surface area contributed by atoms with Gasteiger partial charge in [-0.1, -0.05) is 50.2 Å². The van der Waals surface area contributed by atoms with Crippen molar-refractivity contribution in [1.82, 2.24) is 0 Å². The molecule has 2 aromatic rings. The third-order valence-corrected chi connectivity index (χ3v) is 4.84. The van der Waals surface area contributed by atoms with E-state index in [0.29, 0.717) is 12.3 Å². The SMILES string of the molecule is CC(C)CC(C(=O)Nc1cccc2ccccc12)P(C)O. The van der Waals surface area contributed by atoms with Crippen LogP contribution < -0.4 is 5.32 Å². The number of fused-ring (bicyclic) bond motifs is 1. The van der Waals surface area contributed by atoms with Crippen molar-refractivity contribution in [3.05, 3.63) is 42.5 Å². The topological polar surface area (TPSA) is 49.3 Å². The van der Waals surface area contributed by atoms with Crippen molar-refractivity contribution >= 4 is 30.5 Å². The summed E-state index contributed by atoms with van der Waals surface area (Å²) < 4.78 is 0. The van der Waals surface area contributed by atoms with Gasteiger partial charge in [-0.2, -0.15) is 0 Å². The second-order valence-corrected chi connectivity index (χ2v) is 7.51. The Labute approximate surface area is 127 Å². The van der Waals surface area contributed by atoms with Gasteiger partial charge in [0.05, 0.1) is 5.66 Å². The minimum atomic E-state index is -1.29. The van der Waals surface area contributed by atoms with E-state index in [1.807, 2.05) is 42.5 Å². The van der Waals surface area contributed by atoms with Crippen LogP contribution in [0.2, 0.25) is 0 Å². The van der Waals surface area contributed by atoms with Crippen LogP contribution in [-0.4, -0.2) is 23.1 Å². The third-order valence-electron chi connectivity index (χ3n) is 3.50. The van der Waals surface area contributed by atoms with Gasteiger partial charge >= 0.3 is 0 Å². The number of anilines is 1. The average Bonchev–Trinajstić information content (AvgIpc) is 2.44. The Morgan fingerprint density at radius 2 is 1.86 bits per heavy atom. The molecule has 21 heavy (non-hydrogen) atoms. The fourth-order valence-electron chi connectivity index (χ4n) is 2.43. The minimum absolute atomic E-state index is 0.0869. The highest BCUT2D eigenvalue weighted by Crippen LogP contribution is 2.37. The van der Waals surface area contributed by atoms with E-state index in [1.54, 1.807) is 6.66 Å². The normalized spacial score (nSPS) is 14.1. The van der Waals surface area contributed by atoms with Gasteiger partial charge in [-0.3, -0.25) is 4.79 Å². The van der Waals surface area contributed by atoms with E-state index >= 15 is 0 Å². The predicted octanol–water partition coefficient (Wildman–Crippen LogP) is 4.21. The lowest BCUT2D eigenvalue weighted by Crippen LogP contribution is -2.27. The molecule has 0 spiro atoms. The largest absolute Gasteiger partial charge is 0.373 e. The Balaban J connectivity index is 2.24. The first-order valence-corrected chi connectivity index (χ1v) is 9.00. The van der Waals surface area contributed by atoms with E-state index < -0.39 is 8.15 Å². The standard InChI is InChI=1S/C17H22NO2P/c1-12(2)11-16(21(3)20)17(19)18-15-10-6-8-13-7-4-5-9-14(13)15/h4-10,12,16,20H,11H2,1-3H3,(H,18,19). The highest BCUT2D eigenvalue weighted by atomic mass is 31.1. The summed E-state index contributed by atoms with van der Waals surface area (Å²) in [4.78, 5) is 22.4. The first-order chi connectivity index (χ1) is 9.99. The summed E-state index contributed by atoms with van der Waals surface area (Å²) in [6.45, 7) is 5.87. The molecular formula is C17H22NO2P. The van der Waals surface area contributed by atoms with Crippen molar-refractivity contribution in [2.75, 3.05) is 12.0 Å². The second-order valence-electron chi connectivity index (χ2n) is 5.73. The molecule has 0 aliphatic carbocycles. The summed E-state index contributed by atoms with van der Waals surface area (Å²) in [6, 6.07) is 13.8.